The third-order valence-corrected chi connectivity index (χ3v) is 3.46. The average molecular weight is 320 g/mol. The molecule has 0 amide bonds. The number of allylic oxidation sites excluding steroid dienone is 1. The van der Waals surface area contributed by atoms with Crippen LogP contribution in [0.1, 0.15) is 33.3 Å². The van der Waals surface area contributed by atoms with Gasteiger partial charge in [0.25, 0.3) is 0 Å². The van der Waals surface area contributed by atoms with E-state index in [-0.39, 0.29) is 13.2 Å². The first-order chi connectivity index (χ1) is 10.9. The molecule has 23 heavy (non-hydrogen) atoms. The van der Waals surface area contributed by atoms with Crippen LogP contribution in [0.15, 0.2) is 42.0 Å². The fraction of sp³-hybridized carbons (Fsp3) is 0.526. The van der Waals surface area contributed by atoms with Gasteiger partial charge in [-0.05, 0) is 17.4 Å². The number of ether oxygens (including phenoxy) is 2. The Labute approximate surface area is 139 Å². The quantitative estimate of drug-likeness (QED) is 0.560. The van der Waals surface area contributed by atoms with E-state index < -0.39 is 12.1 Å². The number of benzene rings is 1. The number of aliphatic hydroxyl groups is 1. The predicted molar refractivity (Wildman–Crippen MR) is 90.8 cm³/mol. The smallest absolute Gasteiger partial charge is 0.330 e. The highest BCUT2D eigenvalue weighted by Gasteiger charge is 2.12. The highest BCUT2D eigenvalue weighted by Crippen LogP contribution is 2.19. The van der Waals surface area contributed by atoms with Crippen molar-refractivity contribution in [2.45, 2.75) is 40.4 Å². The fourth-order valence-corrected chi connectivity index (χ4v) is 2.29. The van der Waals surface area contributed by atoms with Crippen molar-refractivity contribution in [1.82, 2.24) is 0 Å². The van der Waals surface area contributed by atoms with E-state index in [1.54, 1.807) is 0 Å². The average Bonchev–Trinajstić information content (AvgIpc) is 2.51. The number of carbonyl (C=O) groups is 1. The van der Waals surface area contributed by atoms with Crippen molar-refractivity contribution < 1.29 is 19.4 Å². The second kappa shape index (κ2) is 10.2. The zero-order chi connectivity index (χ0) is 17.2. The lowest BCUT2D eigenvalue weighted by atomic mass is 9.92. The molecule has 1 aromatic rings. The van der Waals surface area contributed by atoms with Crippen LogP contribution >= 0.6 is 0 Å². The van der Waals surface area contributed by atoms with Crippen LogP contribution in [0, 0.1) is 11.8 Å². The summed E-state index contributed by atoms with van der Waals surface area (Å²) in [7, 11) is 0. The number of hydrogen-bond acceptors (Lipinski definition) is 4. The Hall–Kier alpha value is -1.65. The molecule has 128 valence electrons. The molecular formula is C19H28O4. The maximum absolute atomic E-state index is 11.8. The Bertz CT molecular complexity index is 481. The second-order valence-electron chi connectivity index (χ2n) is 6.24. The Balaban J connectivity index is 2.31. The van der Waals surface area contributed by atoms with E-state index in [0.29, 0.717) is 18.4 Å². The first-order valence-corrected chi connectivity index (χ1v) is 8.08. The Morgan fingerprint density at radius 2 is 1.70 bits per heavy atom. The molecule has 0 unspecified atom stereocenters. The SMILES string of the molecule is CC(C)C(=CC(=O)OC[C@@H](O)COCc1ccccc1)C(C)C. The van der Waals surface area contributed by atoms with Gasteiger partial charge in [-0.25, -0.2) is 4.79 Å². The molecule has 1 aromatic carbocycles. The largest absolute Gasteiger partial charge is 0.460 e. The molecule has 1 rings (SSSR count). The van der Waals surface area contributed by atoms with Gasteiger partial charge in [-0.1, -0.05) is 63.6 Å². The van der Waals surface area contributed by atoms with Crippen LogP contribution < -0.4 is 0 Å². The van der Waals surface area contributed by atoms with Crippen LogP contribution in [-0.2, 0) is 20.9 Å². The van der Waals surface area contributed by atoms with E-state index in [1.165, 1.54) is 6.08 Å². The van der Waals surface area contributed by atoms with Gasteiger partial charge in [0, 0.05) is 6.08 Å². The van der Waals surface area contributed by atoms with Crippen LogP contribution in [-0.4, -0.2) is 30.4 Å². The maximum atomic E-state index is 11.8. The number of esters is 1. The molecule has 0 aliphatic rings. The summed E-state index contributed by atoms with van der Waals surface area (Å²) in [6.07, 6.45) is 0.713. The summed E-state index contributed by atoms with van der Waals surface area (Å²) in [4.78, 5) is 11.8. The van der Waals surface area contributed by atoms with Gasteiger partial charge in [-0.15, -0.1) is 0 Å². The lowest BCUT2D eigenvalue weighted by Gasteiger charge is -2.15. The van der Waals surface area contributed by atoms with E-state index in [2.05, 4.69) is 0 Å². The van der Waals surface area contributed by atoms with E-state index in [4.69, 9.17) is 9.47 Å². The van der Waals surface area contributed by atoms with Crippen LogP contribution in [0.5, 0.6) is 0 Å². The Kier molecular flexibility index (Phi) is 8.59. The molecular weight excluding hydrogens is 292 g/mol. The Morgan fingerprint density at radius 1 is 1.09 bits per heavy atom. The molecule has 4 heteroatoms. The van der Waals surface area contributed by atoms with Crippen molar-refractivity contribution in [2.75, 3.05) is 13.2 Å². The molecule has 0 spiro atoms. The molecule has 1 N–H and O–H groups in total. The third-order valence-electron chi connectivity index (χ3n) is 3.46. The van der Waals surface area contributed by atoms with E-state index >= 15 is 0 Å². The minimum Gasteiger partial charge on any atom is -0.460 e. The molecule has 0 bridgehead atoms. The molecule has 0 heterocycles. The number of aliphatic hydroxyl groups excluding tert-OH is 1. The standard InChI is InChI=1S/C19H28O4/c1-14(2)18(15(3)4)10-19(21)23-13-17(20)12-22-11-16-8-6-5-7-9-16/h5-10,14-15,17,20H,11-13H2,1-4H3/t17-/m0/s1. The highest BCUT2D eigenvalue weighted by molar-refractivity contribution is 5.82. The molecule has 0 aromatic heterocycles. The minimum atomic E-state index is -0.822. The summed E-state index contributed by atoms with van der Waals surface area (Å²) in [5.74, 6) is 0.174. The molecule has 0 saturated heterocycles. The van der Waals surface area contributed by atoms with Crippen molar-refractivity contribution in [3.63, 3.8) is 0 Å². The van der Waals surface area contributed by atoms with Crippen LogP contribution in [0.25, 0.3) is 0 Å². The number of rotatable bonds is 9. The zero-order valence-corrected chi connectivity index (χ0v) is 14.5. The predicted octanol–water partition coefficient (Wildman–Crippen LogP) is 3.35. The van der Waals surface area contributed by atoms with Crippen molar-refractivity contribution in [2.24, 2.45) is 11.8 Å². The number of carbonyl (C=O) groups excluding carboxylic acids is 1. The van der Waals surface area contributed by atoms with E-state index in [0.717, 1.165) is 11.1 Å². The maximum Gasteiger partial charge on any atom is 0.330 e. The normalized spacial score (nSPS) is 12.3. The topological polar surface area (TPSA) is 55.8 Å². The van der Waals surface area contributed by atoms with Crippen molar-refractivity contribution in [3.8, 4) is 0 Å². The summed E-state index contributed by atoms with van der Waals surface area (Å²) >= 11 is 0. The van der Waals surface area contributed by atoms with Gasteiger partial charge in [0.05, 0.1) is 13.2 Å². The first kappa shape index (κ1) is 19.4. The van der Waals surface area contributed by atoms with Crippen molar-refractivity contribution in [1.29, 1.82) is 0 Å². The summed E-state index contributed by atoms with van der Waals surface area (Å²) < 4.78 is 10.5. The zero-order valence-electron chi connectivity index (χ0n) is 14.5. The highest BCUT2D eigenvalue weighted by atomic mass is 16.5. The summed E-state index contributed by atoms with van der Waals surface area (Å²) in [6, 6.07) is 9.72. The summed E-state index contributed by atoms with van der Waals surface area (Å²) in [6.45, 7) is 8.69. The van der Waals surface area contributed by atoms with Gasteiger partial charge in [0.2, 0.25) is 0 Å². The van der Waals surface area contributed by atoms with Gasteiger partial charge in [-0.2, -0.15) is 0 Å². The van der Waals surface area contributed by atoms with Gasteiger partial charge in [-0.3, -0.25) is 0 Å². The summed E-state index contributed by atoms with van der Waals surface area (Å²) in [5, 5.41) is 9.81. The van der Waals surface area contributed by atoms with Crippen LogP contribution in [0.4, 0.5) is 0 Å². The lowest BCUT2D eigenvalue weighted by molar-refractivity contribution is -0.142. The fourth-order valence-electron chi connectivity index (χ4n) is 2.29. The first-order valence-electron chi connectivity index (χ1n) is 8.08. The van der Waals surface area contributed by atoms with Crippen LogP contribution in [0.2, 0.25) is 0 Å². The molecule has 0 saturated carbocycles. The van der Waals surface area contributed by atoms with Gasteiger partial charge in [0.15, 0.2) is 0 Å². The minimum absolute atomic E-state index is 0.0619. The van der Waals surface area contributed by atoms with Crippen LogP contribution in [0.3, 0.4) is 0 Å². The molecule has 1 atom stereocenters. The molecule has 0 radical (unpaired) electrons. The van der Waals surface area contributed by atoms with Crippen molar-refractivity contribution >= 4 is 5.97 Å². The summed E-state index contributed by atoms with van der Waals surface area (Å²) in [5.41, 5.74) is 2.09. The number of hydrogen-bond donors (Lipinski definition) is 1. The third kappa shape index (κ3) is 7.95. The van der Waals surface area contributed by atoms with E-state index in [1.807, 2.05) is 58.0 Å². The van der Waals surface area contributed by atoms with Gasteiger partial charge < -0.3 is 14.6 Å². The molecule has 0 aliphatic heterocycles. The molecule has 0 fully saturated rings. The van der Waals surface area contributed by atoms with Gasteiger partial charge >= 0.3 is 5.97 Å². The second-order valence-corrected chi connectivity index (χ2v) is 6.24. The molecule has 4 nitrogen and oxygen atoms in total. The Morgan fingerprint density at radius 3 is 2.26 bits per heavy atom. The van der Waals surface area contributed by atoms with Gasteiger partial charge in [0.1, 0.15) is 12.7 Å². The molecule has 0 aliphatic carbocycles. The van der Waals surface area contributed by atoms with E-state index in [9.17, 15) is 9.90 Å². The van der Waals surface area contributed by atoms with Crippen molar-refractivity contribution in [3.05, 3.63) is 47.5 Å². The lowest BCUT2D eigenvalue weighted by Crippen LogP contribution is -2.23. The monoisotopic (exact) mass is 320 g/mol.